The first-order chi connectivity index (χ1) is 7.69. The van der Waals surface area contributed by atoms with E-state index in [2.05, 4.69) is 16.5 Å². The van der Waals surface area contributed by atoms with E-state index in [1.807, 2.05) is 13.0 Å². The number of hydrogen-bond acceptors (Lipinski definition) is 2. The van der Waals surface area contributed by atoms with Gasteiger partial charge < -0.3 is 4.90 Å². The summed E-state index contributed by atoms with van der Waals surface area (Å²) in [7, 11) is 0. The van der Waals surface area contributed by atoms with Gasteiger partial charge in [0, 0.05) is 13.1 Å². The molecule has 16 heavy (non-hydrogen) atoms. The minimum atomic E-state index is -0.376. The van der Waals surface area contributed by atoms with Crippen LogP contribution in [0.1, 0.15) is 25.3 Å². The molecule has 1 aromatic rings. The molecule has 0 amide bonds. The van der Waals surface area contributed by atoms with Gasteiger partial charge in [-0.15, -0.1) is 0 Å². The smallest absolute Gasteiger partial charge is 0.215 e. The molecule has 0 aromatic carbocycles. The van der Waals surface area contributed by atoms with Gasteiger partial charge >= 0.3 is 0 Å². The molecule has 0 atom stereocenters. The van der Waals surface area contributed by atoms with Crippen LogP contribution < -0.4 is 4.90 Å². The third-order valence-electron chi connectivity index (χ3n) is 3.04. The highest BCUT2D eigenvalue weighted by Gasteiger charge is 2.15. The van der Waals surface area contributed by atoms with Crippen LogP contribution >= 0.6 is 0 Å². The molecule has 1 aliphatic heterocycles. The fraction of sp³-hybridized carbons (Fsp3) is 0.462. The molecular weight excluding hydrogens is 203 g/mol. The largest absolute Gasteiger partial charge is 0.356 e. The van der Waals surface area contributed by atoms with Crippen LogP contribution in [-0.4, -0.2) is 18.1 Å². The van der Waals surface area contributed by atoms with Gasteiger partial charge in [-0.25, -0.2) is 4.98 Å². The number of pyridine rings is 1. The van der Waals surface area contributed by atoms with Crippen molar-refractivity contribution >= 4 is 5.82 Å². The summed E-state index contributed by atoms with van der Waals surface area (Å²) >= 11 is 0. The predicted octanol–water partition coefficient (Wildman–Crippen LogP) is 2.94. The van der Waals surface area contributed by atoms with E-state index in [1.165, 1.54) is 11.6 Å². The fourth-order valence-electron chi connectivity index (χ4n) is 1.95. The first kappa shape index (κ1) is 11.1. The van der Waals surface area contributed by atoms with Crippen molar-refractivity contribution in [3.63, 3.8) is 0 Å². The van der Waals surface area contributed by atoms with Gasteiger partial charge in [-0.05, 0) is 37.0 Å². The molecule has 0 saturated carbocycles. The van der Waals surface area contributed by atoms with Crippen molar-refractivity contribution in [1.29, 1.82) is 0 Å². The predicted molar refractivity (Wildman–Crippen MR) is 64.2 cm³/mol. The summed E-state index contributed by atoms with van der Waals surface area (Å²) in [6.07, 6.45) is 2.81. The molecule has 0 aliphatic carbocycles. The van der Waals surface area contributed by atoms with Gasteiger partial charge in [0.1, 0.15) is 5.82 Å². The molecule has 0 unspecified atom stereocenters. The molecule has 2 nitrogen and oxygen atoms in total. The molecule has 2 rings (SSSR count). The van der Waals surface area contributed by atoms with Gasteiger partial charge in [0.2, 0.25) is 5.95 Å². The lowest BCUT2D eigenvalue weighted by atomic mass is 10.1. The number of hydrogen-bond donors (Lipinski definition) is 0. The molecule has 86 valence electrons. The van der Waals surface area contributed by atoms with E-state index in [0.29, 0.717) is 0 Å². The molecule has 1 aliphatic rings. The zero-order chi connectivity index (χ0) is 11.5. The van der Waals surface area contributed by atoms with Crippen LogP contribution in [0.2, 0.25) is 0 Å². The number of aryl methyl sites for hydroxylation is 1. The Morgan fingerprint density at radius 2 is 2.06 bits per heavy atom. The molecule has 0 bridgehead atoms. The fourth-order valence-corrected chi connectivity index (χ4v) is 1.95. The van der Waals surface area contributed by atoms with E-state index in [9.17, 15) is 4.39 Å². The summed E-state index contributed by atoms with van der Waals surface area (Å²) in [6, 6.07) is 3.49. The number of piperidine rings is 1. The molecular formula is C13H17FN2. The first-order valence-electron chi connectivity index (χ1n) is 5.77. The van der Waals surface area contributed by atoms with Gasteiger partial charge in [0.25, 0.3) is 0 Å². The highest BCUT2D eigenvalue weighted by atomic mass is 19.1. The van der Waals surface area contributed by atoms with Crippen molar-refractivity contribution in [1.82, 2.24) is 4.98 Å². The first-order valence-corrected chi connectivity index (χ1v) is 5.77. The van der Waals surface area contributed by atoms with Crippen LogP contribution in [-0.2, 0) is 6.42 Å². The highest BCUT2D eigenvalue weighted by Crippen LogP contribution is 2.21. The Morgan fingerprint density at radius 3 is 2.69 bits per heavy atom. The zero-order valence-corrected chi connectivity index (χ0v) is 9.67. The highest BCUT2D eigenvalue weighted by molar-refractivity contribution is 5.42. The Morgan fingerprint density at radius 1 is 1.38 bits per heavy atom. The molecule has 2 heterocycles. The number of nitrogens with zero attached hydrogens (tertiary/aromatic N) is 2. The van der Waals surface area contributed by atoms with E-state index < -0.39 is 0 Å². The maximum Gasteiger partial charge on any atom is 0.215 e. The lowest BCUT2D eigenvalue weighted by Gasteiger charge is -2.29. The van der Waals surface area contributed by atoms with Crippen LogP contribution in [0.25, 0.3) is 0 Å². The number of aromatic nitrogens is 1. The standard InChI is InChI=1S/C13H17FN2/c1-3-11-8-12(14)15-13(9-11)16-6-4-10(2)5-7-16/h8-9H,2-7H2,1H3. The van der Waals surface area contributed by atoms with Crippen molar-refractivity contribution in [3.8, 4) is 0 Å². The van der Waals surface area contributed by atoms with Gasteiger partial charge in [0.15, 0.2) is 0 Å². The van der Waals surface area contributed by atoms with Crippen LogP contribution in [0.4, 0.5) is 10.2 Å². The van der Waals surface area contributed by atoms with E-state index in [4.69, 9.17) is 0 Å². The molecule has 3 heteroatoms. The summed E-state index contributed by atoms with van der Waals surface area (Å²) in [5.74, 6) is 0.392. The molecule has 1 aromatic heterocycles. The van der Waals surface area contributed by atoms with Crippen LogP contribution in [0.3, 0.4) is 0 Å². The average Bonchev–Trinajstić information content (AvgIpc) is 2.29. The van der Waals surface area contributed by atoms with Gasteiger partial charge in [-0.1, -0.05) is 19.1 Å². The summed E-state index contributed by atoms with van der Waals surface area (Å²) in [5, 5.41) is 0. The lowest BCUT2D eigenvalue weighted by molar-refractivity contribution is 0.574. The molecule has 1 saturated heterocycles. The maximum atomic E-state index is 13.3. The van der Waals surface area contributed by atoms with Crippen molar-refractivity contribution in [2.75, 3.05) is 18.0 Å². The average molecular weight is 220 g/mol. The zero-order valence-electron chi connectivity index (χ0n) is 9.67. The Kier molecular flexibility index (Phi) is 3.22. The second kappa shape index (κ2) is 4.64. The Balaban J connectivity index is 2.19. The van der Waals surface area contributed by atoms with E-state index in [0.717, 1.165) is 43.7 Å². The van der Waals surface area contributed by atoms with Crippen molar-refractivity contribution < 1.29 is 4.39 Å². The second-order valence-electron chi connectivity index (χ2n) is 4.25. The summed E-state index contributed by atoms with van der Waals surface area (Å²) in [6.45, 7) is 7.80. The van der Waals surface area contributed by atoms with Gasteiger partial charge in [0.05, 0.1) is 0 Å². The lowest BCUT2D eigenvalue weighted by Crippen LogP contribution is -2.31. The van der Waals surface area contributed by atoms with Crippen molar-refractivity contribution in [3.05, 3.63) is 35.8 Å². The minimum Gasteiger partial charge on any atom is -0.356 e. The summed E-state index contributed by atoms with van der Waals surface area (Å²) in [5.41, 5.74) is 2.29. The summed E-state index contributed by atoms with van der Waals surface area (Å²) in [4.78, 5) is 6.10. The third-order valence-corrected chi connectivity index (χ3v) is 3.04. The normalized spacial score (nSPS) is 16.6. The van der Waals surface area contributed by atoms with Crippen LogP contribution in [0.15, 0.2) is 24.3 Å². The Hall–Kier alpha value is -1.38. The maximum absolute atomic E-state index is 13.3. The summed E-state index contributed by atoms with van der Waals surface area (Å²) < 4.78 is 13.3. The quantitative estimate of drug-likeness (QED) is 0.562. The van der Waals surface area contributed by atoms with Crippen molar-refractivity contribution in [2.24, 2.45) is 0 Å². The number of anilines is 1. The topological polar surface area (TPSA) is 16.1 Å². The van der Waals surface area contributed by atoms with E-state index in [-0.39, 0.29) is 5.95 Å². The van der Waals surface area contributed by atoms with Crippen LogP contribution in [0, 0.1) is 5.95 Å². The SMILES string of the molecule is C=C1CCN(c2cc(CC)cc(F)n2)CC1. The van der Waals surface area contributed by atoms with Crippen molar-refractivity contribution in [2.45, 2.75) is 26.2 Å². The Labute approximate surface area is 95.8 Å². The van der Waals surface area contributed by atoms with E-state index in [1.54, 1.807) is 0 Å². The van der Waals surface area contributed by atoms with Crippen LogP contribution in [0.5, 0.6) is 0 Å². The minimum absolute atomic E-state index is 0.376. The molecule has 0 N–H and O–H groups in total. The molecule has 0 radical (unpaired) electrons. The van der Waals surface area contributed by atoms with E-state index >= 15 is 0 Å². The number of rotatable bonds is 2. The molecule has 0 spiro atoms. The second-order valence-corrected chi connectivity index (χ2v) is 4.25. The number of halogens is 1. The molecule has 1 fully saturated rings. The van der Waals surface area contributed by atoms with Gasteiger partial charge in [-0.3, -0.25) is 0 Å². The van der Waals surface area contributed by atoms with Gasteiger partial charge in [-0.2, -0.15) is 4.39 Å². The Bertz CT molecular complexity index is 391. The monoisotopic (exact) mass is 220 g/mol. The third kappa shape index (κ3) is 2.40.